The highest BCUT2D eigenvalue weighted by atomic mass is 16.3. The van der Waals surface area contributed by atoms with Crippen molar-refractivity contribution in [3.8, 4) is 0 Å². The van der Waals surface area contributed by atoms with Gasteiger partial charge >= 0.3 is 5.91 Å². The van der Waals surface area contributed by atoms with E-state index in [1.165, 1.54) is 0 Å². The Hall–Kier alpha value is -3.37. The molecule has 1 amide bonds. The fourth-order valence-corrected chi connectivity index (χ4v) is 3.33. The summed E-state index contributed by atoms with van der Waals surface area (Å²) in [6, 6.07) is 27.9. The molecule has 0 atom stereocenters. The van der Waals surface area contributed by atoms with E-state index in [0.29, 0.717) is 18.8 Å². The van der Waals surface area contributed by atoms with Crippen LogP contribution in [0, 0.1) is 6.92 Å². The van der Waals surface area contributed by atoms with Crippen molar-refractivity contribution in [1.29, 1.82) is 0 Å². The molecule has 0 saturated carbocycles. The molecule has 0 unspecified atom stereocenters. The van der Waals surface area contributed by atoms with Crippen LogP contribution in [0.15, 0.2) is 89.3 Å². The molecule has 140 valence electrons. The van der Waals surface area contributed by atoms with Gasteiger partial charge in [0.15, 0.2) is 5.76 Å². The number of fused-ring (bicyclic) bond motifs is 1. The predicted octanol–water partition coefficient (Wildman–Crippen LogP) is 5.09. The lowest BCUT2D eigenvalue weighted by Gasteiger charge is -2.23. The average molecular weight is 370 g/mol. The van der Waals surface area contributed by atoms with Gasteiger partial charge in [-0.1, -0.05) is 78.9 Å². The lowest BCUT2D eigenvalue weighted by molar-refractivity contribution is 0.0731. The van der Waals surface area contributed by atoms with Crippen LogP contribution in [-0.2, 0) is 13.1 Å². The summed E-state index contributed by atoms with van der Waals surface area (Å²) in [5.41, 5.74) is 6.86. The molecule has 1 heterocycles. The van der Waals surface area contributed by atoms with Gasteiger partial charge in [-0.3, -0.25) is 10.2 Å². The lowest BCUT2D eigenvalue weighted by atomic mass is 10.1. The molecule has 4 aromatic rings. The number of carbonyl (C=O) groups excluding carboxylic acids is 1. The minimum Gasteiger partial charge on any atom is -0.451 e. The SMILES string of the molecule is Cc1c(C(=O)NN(Cc2ccccc2)Cc2ccccc2)oc2ccccc12. The molecule has 0 aliphatic rings. The first-order chi connectivity index (χ1) is 13.7. The Bertz CT molecular complexity index is 1030. The number of rotatable bonds is 6. The monoisotopic (exact) mass is 370 g/mol. The predicted molar refractivity (Wildman–Crippen MR) is 111 cm³/mol. The molecule has 1 aromatic heterocycles. The third-order valence-corrected chi connectivity index (χ3v) is 4.74. The molecule has 3 aromatic carbocycles. The number of benzene rings is 3. The van der Waals surface area contributed by atoms with Crippen molar-refractivity contribution in [1.82, 2.24) is 10.4 Å². The Morgan fingerprint density at radius 3 is 1.93 bits per heavy atom. The van der Waals surface area contributed by atoms with Crippen molar-refractivity contribution < 1.29 is 9.21 Å². The van der Waals surface area contributed by atoms with Crippen LogP contribution in [0.2, 0.25) is 0 Å². The van der Waals surface area contributed by atoms with Gasteiger partial charge in [-0.05, 0) is 24.1 Å². The van der Waals surface area contributed by atoms with Crippen molar-refractivity contribution >= 4 is 16.9 Å². The fraction of sp³-hybridized carbons (Fsp3) is 0.125. The van der Waals surface area contributed by atoms with Crippen molar-refractivity contribution in [2.75, 3.05) is 0 Å². The second kappa shape index (κ2) is 8.11. The number of hydrogen-bond acceptors (Lipinski definition) is 3. The number of aryl methyl sites for hydroxylation is 1. The summed E-state index contributed by atoms with van der Waals surface area (Å²) >= 11 is 0. The van der Waals surface area contributed by atoms with Crippen LogP contribution in [0.1, 0.15) is 27.2 Å². The van der Waals surface area contributed by atoms with Gasteiger partial charge in [0.2, 0.25) is 0 Å². The maximum atomic E-state index is 13.0. The number of furan rings is 1. The van der Waals surface area contributed by atoms with Crippen molar-refractivity contribution in [2.24, 2.45) is 0 Å². The van der Waals surface area contributed by atoms with Gasteiger partial charge in [-0.2, -0.15) is 0 Å². The zero-order chi connectivity index (χ0) is 19.3. The molecule has 4 nitrogen and oxygen atoms in total. The summed E-state index contributed by atoms with van der Waals surface area (Å²) in [7, 11) is 0. The smallest absolute Gasteiger partial charge is 0.301 e. The van der Waals surface area contributed by atoms with Crippen LogP contribution in [0.25, 0.3) is 11.0 Å². The molecule has 4 heteroatoms. The van der Waals surface area contributed by atoms with Gasteiger partial charge in [0.25, 0.3) is 0 Å². The van der Waals surface area contributed by atoms with E-state index in [2.05, 4.69) is 29.7 Å². The maximum Gasteiger partial charge on any atom is 0.301 e. The molecule has 0 saturated heterocycles. The fourth-order valence-electron chi connectivity index (χ4n) is 3.33. The molecule has 0 radical (unpaired) electrons. The Morgan fingerprint density at radius 2 is 1.36 bits per heavy atom. The highest BCUT2D eigenvalue weighted by Gasteiger charge is 2.20. The van der Waals surface area contributed by atoms with Gasteiger partial charge in [-0.15, -0.1) is 0 Å². The van der Waals surface area contributed by atoms with E-state index in [-0.39, 0.29) is 5.91 Å². The highest BCUT2D eigenvalue weighted by Crippen LogP contribution is 2.25. The van der Waals surface area contributed by atoms with E-state index in [0.717, 1.165) is 27.7 Å². The van der Waals surface area contributed by atoms with E-state index in [1.54, 1.807) is 0 Å². The first-order valence-electron chi connectivity index (χ1n) is 9.32. The topological polar surface area (TPSA) is 45.5 Å². The summed E-state index contributed by atoms with van der Waals surface area (Å²) < 4.78 is 5.82. The van der Waals surface area contributed by atoms with E-state index in [4.69, 9.17) is 4.42 Å². The molecule has 4 rings (SSSR count). The largest absolute Gasteiger partial charge is 0.451 e. The third kappa shape index (κ3) is 3.97. The zero-order valence-corrected chi connectivity index (χ0v) is 15.8. The molecule has 0 spiro atoms. The molecule has 0 fully saturated rings. The molecule has 0 aliphatic carbocycles. The van der Waals surface area contributed by atoms with Crippen LogP contribution in [-0.4, -0.2) is 10.9 Å². The molecule has 0 aliphatic heterocycles. The quantitative estimate of drug-likeness (QED) is 0.481. The number of nitrogens with zero attached hydrogens (tertiary/aromatic N) is 1. The Balaban J connectivity index is 1.58. The Morgan fingerprint density at radius 1 is 0.821 bits per heavy atom. The average Bonchev–Trinajstić information content (AvgIpc) is 3.06. The van der Waals surface area contributed by atoms with Crippen LogP contribution in [0.4, 0.5) is 0 Å². The number of hydrazine groups is 1. The van der Waals surface area contributed by atoms with Gasteiger partial charge < -0.3 is 4.42 Å². The van der Waals surface area contributed by atoms with Gasteiger partial charge in [-0.25, -0.2) is 5.01 Å². The second-order valence-electron chi connectivity index (χ2n) is 6.82. The molecule has 28 heavy (non-hydrogen) atoms. The standard InChI is InChI=1S/C24H22N2O2/c1-18-21-14-8-9-15-22(21)28-23(18)24(27)25-26(16-19-10-4-2-5-11-19)17-20-12-6-3-7-13-20/h2-15H,16-17H2,1H3,(H,25,27). The van der Waals surface area contributed by atoms with Crippen LogP contribution in [0.5, 0.6) is 0 Å². The van der Waals surface area contributed by atoms with Gasteiger partial charge in [0, 0.05) is 24.0 Å². The van der Waals surface area contributed by atoms with Crippen molar-refractivity contribution in [2.45, 2.75) is 20.0 Å². The van der Waals surface area contributed by atoms with E-state index < -0.39 is 0 Å². The Labute approximate surface area is 164 Å². The summed E-state index contributed by atoms with van der Waals surface area (Å²) in [5, 5.41) is 2.88. The van der Waals surface area contributed by atoms with Crippen molar-refractivity contribution in [3.05, 3.63) is 107 Å². The number of carbonyl (C=O) groups is 1. The zero-order valence-electron chi connectivity index (χ0n) is 15.8. The normalized spacial score (nSPS) is 11.1. The third-order valence-electron chi connectivity index (χ3n) is 4.74. The maximum absolute atomic E-state index is 13.0. The molecular formula is C24H22N2O2. The number of amides is 1. The summed E-state index contributed by atoms with van der Waals surface area (Å²) in [6.07, 6.45) is 0. The van der Waals surface area contributed by atoms with E-state index in [9.17, 15) is 4.79 Å². The minimum atomic E-state index is -0.236. The molecular weight excluding hydrogens is 348 g/mol. The van der Waals surface area contributed by atoms with Crippen LogP contribution >= 0.6 is 0 Å². The number of hydrogen-bond donors (Lipinski definition) is 1. The minimum absolute atomic E-state index is 0.236. The summed E-state index contributed by atoms with van der Waals surface area (Å²) in [5.74, 6) is 0.118. The summed E-state index contributed by atoms with van der Waals surface area (Å²) in [4.78, 5) is 13.0. The number of para-hydroxylation sites is 1. The lowest BCUT2D eigenvalue weighted by Crippen LogP contribution is -2.41. The highest BCUT2D eigenvalue weighted by molar-refractivity contribution is 5.98. The van der Waals surface area contributed by atoms with Gasteiger partial charge in [0.1, 0.15) is 5.58 Å². The van der Waals surface area contributed by atoms with E-state index in [1.807, 2.05) is 72.6 Å². The molecule has 1 N–H and O–H groups in total. The number of nitrogens with one attached hydrogen (secondary N) is 1. The van der Waals surface area contributed by atoms with Crippen molar-refractivity contribution in [3.63, 3.8) is 0 Å². The molecule has 0 bridgehead atoms. The van der Waals surface area contributed by atoms with Crippen LogP contribution in [0.3, 0.4) is 0 Å². The second-order valence-corrected chi connectivity index (χ2v) is 6.82. The summed E-state index contributed by atoms with van der Waals surface area (Å²) in [6.45, 7) is 3.11. The van der Waals surface area contributed by atoms with Crippen LogP contribution < -0.4 is 5.43 Å². The first kappa shape index (κ1) is 18.0. The first-order valence-corrected chi connectivity index (χ1v) is 9.32. The van der Waals surface area contributed by atoms with E-state index >= 15 is 0 Å². The van der Waals surface area contributed by atoms with Gasteiger partial charge in [0.05, 0.1) is 0 Å². The Kier molecular flexibility index (Phi) is 5.22.